The topological polar surface area (TPSA) is 18.5 Å². The molecule has 2 nitrogen and oxygen atoms in total. The highest BCUT2D eigenvalue weighted by molar-refractivity contribution is 9.09. The Kier molecular flexibility index (Phi) is 19.0. The summed E-state index contributed by atoms with van der Waals surface area (Å²) >= 11 is 3.67. The number of unbranched alkanes of at least 4 members (excludes halogenated alkanes) is 5. The molecule has 0 rings (SSSR count). The molecule has 0 aliphatic carbocycles. The molecule has 0 aromatic carbocycles. The van der Waals surface area contributed by atoms with Crippen LogP contribution in [0.3, 0.4) is 0 Å². The summed E-state index contributed by atoms with van der Waals surface area (Å²) in [6, 6.07) is 0. The highest BCUT2D eigenvalue weighted by Crippen LogP contribution is 2.25. The van der Waals surface area contributed by atoms with E-state index in [4.69, 9.17) is 9.47 Å². The van der Waals surface area contributed by atoms with Crippen molar-refractivity contribution in [3.8, 4) is 0 Å². The highest BCUT2D eigenvalue weighted by Gasteiger charge is 2.13. The summed E-state index contributed by atoms with van der Waals surface area (Å²) in [5.74, 6) is 2.44. The predicted octanol–water partition coefficient (Wildman–Crippen LogP) is 7.98. The fraction of sp³-hybridized carbons (Fsp3) is 1.00. The van der Waals surface area contributed by atoms with Gasteiger partial charge in [0.05, 0.1) is 0 Å². The maximum absolute atomic E-state index is 5.62. The zero-order valence-electron chi connectivity index (χ0n) is 18.4. The minimum absolute atomic E-state index is 0.474. The fourth-order valence-corrected chi connectivity index (χ4v) is 4.57. The molecule has 4 unspecified atom stereocenters. The van der Waals surface area contributed by atoms with E-state index in [0.717, 1.165) is 37.4 Å². The number of halogens is 1. The van der Waals surface area contributed by atoms with Gasteiger partial charge in [-0.3, -0.25) is 0 Å². The zero-order valence-corrected chi connectivity index (χ0v) is 20.0. The second-order valence-corrected chi connectivity index (χ2v) is 10.2. The molecule has 0 radical (unpaired) electrons. The Hall–Kier alpha value is 0.400. The van der Waals surface area contributed by atoms with Gasteiger partial charge in [-0.05, 0) is 56.3 Å². The van der Waals surface area contributed by atoms with Gasteiger partial charge >= 0.3 is 0 Å². The van der Waals surface area contributed by atoms with E-state index in [2.05, 4.69) is 50.5 Å². The highest BCUT2D eigenvalue weighted by atomic mass is 79.9. The minimum atomic E-state index is 0.474. The summed E-state index contributed by atoms with van der Waals surface area (Å²) in [7, 11) is 0. The molecule has 0 aliphatic rings. The maximum atomic E-state index is 5.62. The van der Waals surface area contributed by atoms with Gasteiger partial charge in [-0.1, -0.05) is 82.7 Å². The van der Waals surface area contributed by atoms with Crippen LogP contribution in [0.15, 0.2) is 0 Å². The third kappa shape index (κ3) is 19.2. The normalized spacial score (nSPS) is 16.4. The first-order chi connectivity index (χ1) is 12.5. The summed E-state index contributed by atoms with van der Waals surface area (Å²) in [4.78, 5) is 0.641. The van der Waals surface area contributed by atoms with Gasteiger partial charge in [0.1, 0.15) is 6.79 Å². The SMILES string of the molecule is CCCCCCCCOCOCCCC(C)CC(C)CC(C)CC(C)Br. The summed E-state index contributed by atoms with van der Waals surface area (Å²) in [6.07, 6.45) is 14.3. The molecule has 0 aliphatic heterocycles. The van der Waals surface area contributed by atoms with E-state index in [9.17, 15) is 0 Å². The summed E-state index contributed by atoms with van der Waals surface area (Å²) < 4.78 is 11.2. The lowest BCUT2D eigenvalue weighted by atomic mass is 9.86. The first-order valence-corrected chi connectivity index (χ1v) is 12.2. The molecule has 4 atom stereocenters. The van der Waals surface area contributed by atoms with Crippen molar-refractivity contribution in [2.75, 3.05) is 20.0 Å². The molecule has 0 aromatic heterocycles. The van der Waals surface area contributed by atoms with Gasteiger partial charge in [-0.25, -0.2) is 0 Å². The summed E-state index contributed by atoms with van der Waals surface area (Å²) in [5.41, 5.74) is 0. The van der Waals surface area contributed by atoms with Crippen LogP contribution in [0.4, 0.5) is 0 Å². The number of hydrogen-bond donors (Lipinski definition) is 0. The first-order valence-electron chi connectivity index (χ1n) is 11.2. The largest absolute Gasteiger partial charge is 0.355 e. The van der Waals surface area contributed by atoms with Crippen molar-refractivity contribution in [1.29, 1.82) is 0 Å². The van der Waals surface area contributed by atoms with Crippen LogP contribution in [0.5, 0.6) is 0 Å². The molecular weight excluding hydrogens is 388 g/mol. The molecular formula is C23H47BrO2. The number of ether oxygens (including phenoxy) is 2. The van der Waals surface area contributed by atoms with Crippen molar-refractivity contribution >= 4 is 15.9 Å². The van der Waals surface area contributed by atoms with E-state index in [1.54, 1.807) is 0 Å². The Morgan fingerprint density at radius 1 is 0.654 bits per heavy atom. The van der Waals surface area contributed by atoms with Gasteiger partial charge in [-0.15, -0.1) is 0 Å². The Balaban J connectivity index is 3.39. The van der Waals surface area contributed by atoms with Crippen molar-refractivity contribution in [2.24, 2.45) is 17.8 Å². The van der Waals surface area contributed by atoms with Gasteiger partial charge in [0.25, 0.3) is 0 Å². The average Bonchev–Trinajstić information content (AvgIpc) is 2.54. The van der Waals surface area contributed by atoms with Gasteiger partial charge in [-0.2, -0.15) is 0 Å². The molecule has 0 heterocycles. The number of hydrogen-bond acceptors (Lipinski definition) is 2. The van der Waals surface area contributed by atoms with Crippen molar-refractivity contribution in [3.63, 3.8) is 0 Å². The van der Waals surface area contributed by atoms with Crippen LogP contribution in [0.1, 0.15) is 105 Å². The van der Waals surface area contributed by atoms with Gasteiger partial charge in [0.15, 0.2) is 0 Å². The van der Waals surface area contributed by atoms with Crippen molar-refractivity contribution in [2.45, 2.75) is 110 Å². The van der Waals surface area contributed by atoms with Crippen molar-refractivity contribution < 1.29 is 9.47 Å². The Labute approximate surface area is 173 Å². The van der Waals surface area contributed by atoms with Crippen LogP contribution in [0.25, 0.3) is 0 Å². The van der Waals surface area contributed by atoms with E-state index in [0.29, 0.717) is 11.6 Å². The predicted molar refractivity (Wildman–Crippen MR) is 119 cm³/mol. The molecule has 158 valence electrons. The Morgan fingerprint density at radius 2 is 1.19 bits per heavy atom. The van der Waals surface area contributed by atoms with Gasteiger partial charge in [0, 0.05) is 18.0 Å². The first kappa shape index (κ1) is 26.4. The molecule has 0 amide bonds. The van der Waals surface area contributed by atoms with Crippen LogP contribution < -0.4 is 0 Å². The molecule has 0 saturated heterocycles. The van der Waals surface area contributed by atoms with E-state index < -0.39 is 0 Å². The molecule has 0 bridgehead atoms. The lowest BCUT2D eigenvalue weighted by molar-refractivity contribution is -0.0561. The van der Waals surface area contributed by atoms with E-state index >= 15 is 0 Å². The number of rotatable bonds is 19. The molecule has 26 heavy (non-hydrogen) atoms. The summed E-state index contributed by atoms with van der Waals surface area (Å²) in [5, 5.41) is 0. The van der Waals surface area contributed by atoms with Crippen LogP contribution >= 0.6 is 15.9 Å². The summed E-state index contributed by atoms with van der Waals surface area (Å²) in [6.45, 7) is 13.9. The second-order valence-electron chi connectivity index (χ2n) is 8.65. The smallest absolute Gasteiger partial charge is 0.146 e. The Morgan fingerprint density at radius 3 is 1.85 bits per heavy atom. The Bertz CT molecular complexity index is 283. The molecule has 0 saturated carbocycles. The zero-order chi connectivity index (χ0) is 19.6. The van der Waals surface area contributed by atoms with Crippen molar-refractivity contribution in [3.05, 3.63) is 0 Å². The molecule has 0 N–H and O–H groups in total. The lowest BCUT2D eigenvalue weighted by Crippen LogP contribution is -2.11. The van der Waals surface area contributed by atoms with E-state index in [1.165, 1.54) is 64.2 Å². The number of alkyl halides is 1. The molecule has 0 spiro atoms. The third-order valence-corrected chi connectivity index (χ3v) is 5.50. The minimum Gasteiger partial charge on any atom is -0.355 e. The van der Waals surface area contributed by atoms with Gasteiger partial charge < -0.3 is 9.47 Å². The second kappa shape index (κ2) is 18.7. The van der Waals surface area contributed by atoms with E-state index in [-0.39, 0.29) is 0 Å². The molecule has 0 fully saturated rings. The molecule has 3 heteroatoms. The monoisotopic (exact) mass is 434 g/mol. The maximum Gasteiger partial charge on any atom is 0.146 e. The standard InChI is InChI=1S/C23H47BrO2/c1-6-7-8-9-10-11-14-25-19-26-15-12-13-20(2)16-21(3)17-22(4)18-23(5)24/h20-23H,6-19H2,1-5H3. The lowest BCUT2D eigenvalue weighted by Gasteiger charge is -2.21. The van der Waals surface area contributed by atoms with Crippen molar-refractivity contribution in [1.82, 2.24) is 0 Å². The molecule has 0 aromatic rings. The van der Waals surface area contributed by atoms with Crippen LogP contribution in [-0.2, 0) is 9.47 Å². The van der Waals surface area contributed by atoms with Crippen LogP contribution in [0.2, 0.25) is 0 Å². The van der Waals surface area contributed by atoms with E-state index in [1.807, 2.05) is 0 Å². The quantitative estimate of drug-likeness (QED) is 0.116. The van der Waals surface area contributed by atoms with Crippen LogP contribution in [-0.4, -0.2) is 24.8 Å². The van der Waals surface area contributed by atoms with Crippen LogP contribution in [0, 0.1) is 17.8 Å². The average molecular weight is 436 g/mol. The fourth-order valence-electron chi connectivity index (χ4n) is 3.93. The van der Waals surface area contributed by atoms with Gasteiger partial charge in [0.2, 0.25) is 0 Å². The third-order valence-electron chi connectivity index (χ3n) is 5.13.